The molecule has 0 heterocycles. The van der Waals surface area contributed by atoms with Crippen LogP contribution in [0.5, 0.6) is 0 Å². The molecule has 0 amide bonds. The Bertz CT molecular complexity index is 1020. The molecule has 8 heteroatoms. The second kappa shape index (κ2) is 11.8. The molecule has 202 valence electrons. The van der Waals surface area contributed by atoms with Crippen molar-refractivity contribution < 1.29 is 31.1 Å². The molecule has 2 aliphatic carbocycles. The molecule has 2 aromatic rings. The van der Waals surface area contributed by atoms with Gasteiger partial charge in [0.1, 0.15) is 0 Å². The molecule has 2 fully saturated rings. The number of halogens is 6. The number of rotatable bonds is 6. The maximum absolute atomic E-state index is 13.9. The molecule has 0 N–H and O–H groups in total. The van der Waals surface area contributed by atoms with Crippen LogP contribution in [0.4, 0.5) is 26.3 Å². The highest BCUT2D eigenvalue weighted by Gasteiger charge is 2.46. The van der Waals surface area contributed by atoms with E-state index >= 15 is 0 Å². The van der Waals surface area contributed by atoms with Crippen molar-refractivity contribution in [1.29, 1.82) is 0 Å². The third-order valence-electron chi connectivity index (χ3n) is 7.90. The van der Waals surface area contributed by atoms with Crippen molar-refractivity contribution in [3.63, 3.8) is 0 Å². The Kier molecular flexibility index (Phi) is 8.97. The lowest BCUT2D eigenvalue weighted by molar-refractivity contribution is -0.165. The molecule has 2 aromatic carbocycles. The summed E-state index contributed by atoms with van der Waals surface area (Å²) in [6, 6.07) is 11.6. The van der Waals surface area contributed by atoms with Crippen molar-refractivity contribution in [2.45, 2.75) is 93.3 Å². The highest BCUT2D eigenvalue weighted by molar-refractivity contribution is 8.14. The van der Waals surface area contributed by atoms with Crippen LogP contribution in [0.3, 0.4) is 0 Å². The van der Waals surface area contributed by atoms with Crippen molar-refractivity contribution in [3.05, 3.63) is 65.2 Å². The monoisotopic (exact) mass is 542 g/mol. The summed E-state index contributed by atoms with van der Waals surface area (Å²) in [5.41, 5.74) is 0.644. The molecule has 1 nitrogen and oxygen atoms in total. The van der Waals surface area contributed by atoms with Gasteiger partial charge in [-0.15, -0.1) is 0 Å². The fourth-order valence-electron chi connectivity index (χ4n) is 6.13. The summed E-state index contributed by atoms with van der Waals surface area (Å²) in [4.78, 5) is 13.3. The molecule has 0 aromatic heterocycles. The minimum atomic E-state index is -4.35. The minimum absolute atomic E-state index is 0.172. The average molecular weight is 543 g/mol. The molecule has 4 rings (SSSR count). The number of benzene rings is 2. The Hall–Kier alpha value is -1.96. The number of hydrogen-bond acceptors (Lipinski definition) is 2. The first-order valence-corrected chi connectivity index (χ1v) is 13.9. The van der Waals surface area contributed by atoms with Crippen LogP contribution >= 0.6 is 11.8 Å². The molecular formula is C29H32F6OS. The number of carbonyl (C=O) groups excluding carboxylic acids is 1. The third-order valence-corrected chi connectivity index (χ3v) is 8.83. The summed E-state index contributed by atoms with van der Waals surface area (Å²) in [7, 11) is 0. The van der Waals surface area contributed by atoms with Gasteiger partial charge in [0.05, 0.1) is 11.8 Å². The second-order valence-electron chi connectivity index (χ2n) is 10.4. The summed E-state index contributed by atoms with van der Waals surface area (Å²) < 4.78 is 83.3. The molecule has 2 saturated carbocycles. The largest absolute Gasteiger partial charge is 0.396 e. The molecular weight excluding hydrogens is 510 g/mol. The van der Waals surface area contributed by atoms with Gasteiger partial charge in [-0.2, -0.15) is 26.3 Å². The predicted octanol–water partition coefficient (Wildman–Crippen LogP) is 10.1. The molecule has 0 spiro atoms. The SMILES string of the molecule is O=C(Sc1ccc(C(C2CCCCC2)C(F)(F)F)cc1)c1ccc(C(C2CCCCC2)C(F)(F)F)cc1. The molecule has 2 atom stereocenters. The third kappa shape index (κ3) is 7.12. The summed E-state index contributed by atoms with van der Waals surface area (Å²) in [5, 5.41) is -0.361. The number of hydrogen-bond donors (Lipinski definition) is 0. The van der Waals surface area contributed by atoms with E-state index < -0.39 is 36.0 Å². The first kappa shape index (κ1) is 28.1. The quantitative estimate of drug-likeness (QED) is 0.267. The fourth-order valence-corrected chi connectivity index (χ4v) is 6.87. The number of carbonyl (C=O) groups is 1. The maximum atomic E-state index is 13.9. The lowest BCUT2D eigenvalue weighted by Crippen LogP contribution is -2.29. The van der Waals surface area contributed by atoms with E-state index in [1.165, 1.54) is 48.5 Å². The van der Waals surface area contributed by atoms with E-state index in [1.54, 1.807) is 0 Å². The second-order valence-corrected chi connectivity index (χ2v) is 11.5. The van der Waals surface area contributed by atoms with Crippen LogP contribution in [0.2, 0.25) is 0 Å². The van der Waals surface area contributed by atoms with Crippen LogP contribution in [-0.2, 0) is 0 Å². The minimum Gasteiger partial charge on any atom is -0.281 e. The van der Waals surface area contributed by atoms with Gasteiger partial charge in [0.2, 0.25) is 5.12 Å². The van der Waals surface area contributed by atoms with E-state index in [0.29, 0.717) is 30.6 Å². The van der Waals surface area contributed by atoms with E-state index in [1.807, 2.05) is 0 Å². The van der Waals surface area contributed by atoms with Crippen LogP contribution < -0.4 is 0 Å². The first-order chi connectivity index (χ1) is 17.5. The van der Waals surface area contributed by atoms with E-state index in [-0.39, 0.29) is 21.8 Å². The van der Waals surface area contributed by atoms with Crippen molar-refractivity contribution in [2.24, 2.45) is 11.8 Å². The topological polar surface area (TPSA) is 17.1 Å². The van der Waals surface area contributed by atoms with Gasteiger partial charge in [-0.1, -0.05) is 74.9 Å². The van der Waals surface area contributed by atoms with Crippen LogP contribution in [0.15, 0.2) is 53.4 Å². The Balaban J connectivity index is 1.45. The van der Waals surface area contributed by atoms with Gasteiger partial charge in [0.15, 0.2) is 0 Å². The first-order valence-electron chi connectivity index (χ1n) is 13.1. The normalized spacial score (nSPS) is 19.9. The van der Waals surface area contributed by atoms with Crippen molar-refractivity contribution in [1.82, 2.24) is 0 Å². The maximum Gasteiger partial charge on any atom is 0.396 e. The molecule has 0 saturated heterocycles. The van der Waals surface area contributed by atoms with E-state index in [0.717, 1.165) is 50.3 Å². The Morgan fingerprint density at radius 2 is 1.00 bits per heavy atom. The zero-order chi connectivity index (χ0) is 26.6. The lowest BCUT2D eigenvalue weighted by atomic mass is 9.76. The Morgan fingerprint density at radius 3 is 1.38 bits per heavy atom. The van der Waals surface area contributed by atoms with Gasteiger partial charge >= 0.3 is 12.4 Å². The van der Waals surface area contributed by atoms with Gasteiger partial charge in [-0.25, -0.2) is 0 Å². The fraction of sp³-hybridized carbons (Fsp3) is 0.552. The highest BCUT2D eigenvalue weighted by Crippen LogP contribution is 2.47. The summed E-state index contributed by atoms with van der Waals surface area (Å²) in [6.45, 7) is 0. The highest BCUT2D eigenvalue weighted by atomic mass is 32.2. The van der Waals surface area contributed by atoms with Gasteiger partial charge in [0, 0.05) is 10.5 Å². The van der Waals surface area contributed by atoms with Crippen molar-refractivity contribution >= 4 is 16.9 Å². The smallest absolute Gasteiger partial charge is 0.281 e. The van der Waals surface area contributed by atoms with Crippen LogP contribution in [-0.4, -0.2) is 17.5 Å². The zero-order valence-electron chi connectivity index (χ0n) is 20.6. The number of alkyl halides is 6. The summed E-state index contributed by atoms with van der Waals surface area (Å²) in [6.07, 6.45) is -1.32. The number of thioether (sulfide) groups is 1. The van der Waals surface area contributed by atoms with E-state index in [9.17, 15) is 31.1 Å². The van der Waals surface area contributed by atoms with Gasteiger partial charge in [0.25, 0.3) is 0 Å². The molecule has 0 bridgehead atoms. The molecule has 0 radical (unpaired) electrons. The van der Waals surface area contributed by atoms with Gasteiger partial charge < -0.3 is 0 Å². The van der Waals surface area contributed by atoms with E-state index in [4.69, 9.17) is 0 Å². The molecule has 2 unspecified atom stereocenters. The molecule has 0 aliphatic heterocycles. The summed E-state index contributed by atoms with van der Waals surface area (Å²) in [5.74, 6) is -3.93. The van der Waals surface area contributed by atoms with Crippen LogP contribution in [0.1, 0.15) is 97.5 Å². The van der Waals surface area contributed by atoms with Crippen molar-refractivity contribution in [3.8, 4) is 0 Å². The van der Waals surface area contributed by atoms with Crippen LogP contribution in [0, 0.1) is 11.8 Å². The Labute approximate surface area is 218 Å². The predicted molar refractivity (Wildman–Crippen MR) is 134 cm³/mol. The van der Waals surface area contributed by atoms with Crippen molar-refractivity contribution in [2.75, 3.05) is 0 Å². The summed E-state index contributed by atoms with van der Waals surface area (Å²) >= 11 is 0.866. The Morgan fingerprint density at radius 1 is 0.622 bits per heavy atom. The molecule has 2 aliphatic rings. The lowest BCUT2D eigenvalue weighted by Gasteiger charge is -2.32. The zero-order valence-corrected chi connectivity index (χ0v) is 21.4. The average Bonchev–Trinajstić information content (AvgIpc) is 2.85. The van der Waals surface area contributed by atoms with Gasteiger partial charge in [-0.3, -0.25) is 4.79 Å². The van der Waals surface area contributed by atoms with Crippen LogP contribution in [0.25, 0.3) is 0 Å². The van der Waals surface area contributed by atoms with E-state index in [2.05, 4.69) is 0 Å². The molecule has 37 heavy (non-hydrogen) atoms. The standard InChI is InChI=1S/C29H32F6OS/c30-28(31,32)25(19-7-3-1-4-8-19)21-11-13-23(14-12-21)27(36)37-24-17-15-22(16-18-24)26(29(33,34)35)20-9-5-2-6-10-20/h11-20,25-26H,1-10H2. The van der Waals surface area contributed by atoms with Gasteiger partial charge in [-0.05, 0) is 72.5 Å².